The van der Waals surface area contributed by atoms with Gasteiger partial charge in [0.25, 0.3) is 5.69 Å². The van der Waals surface area contributed by atoms with Crippen LogP contribution in [0.15, 0.2) is 35.7 Å². The van der Waals surface area contributed by atoms with E-state index in [2.05, 4.69) is 10.2 Å². The van der Waals surface area contributed by atoms with Crippen molar-refractivity contribution in [2.75, 3.05) is 0 Å². The second-order valence-electron chi connectivity index (χ2n) is 5.82. The lowest BCUT2D eigenvalue weighted by Crippen LogP contribution is -2.20. The van der Waals surface area contributed by atoms with Crippen LogP contribution in [0, 0.1) is 17.0 Å². The molecule has 0 radical (unpaired) electrons. The zero-order valence-corrected chi connectivity index (χ0v) is 14.0. The first-order valence-corrected chi connectivity index (χ1v) is 8.50. The average molecular weight is 355 g/mol. The number of aryl methyl sites for hydroxylation is 1. The van der Waals surface area contributed by atoms with Crippen LogP contribution in [0.3, 0.4) is 0 Å². The van der Waals surface area contributed by atoms with Crippen LogP contribution in [-0.4, -0.2) is 21.1 Å². The van der Waals surface area contributed by atoms with E-state index in [0.29, 0.717) is 11.3 Å². The monoisotopic (exact) mass is 355 g/mol. The summed E-state index contributed by atoms with van der Waals surface area (Å²) in [6, 6.07) is 8.33. The van der Waals surface area contributed by atoms with E-state index in [0.717, 1.165) is 16.0 Å². The van der Waals surface area contributed by atoms with Gasteiger partial charge in [0.15, 0.2) is 0 Å². The van der Waals surface area contributed by atoms with Crippen LogP contribution in [0.4, 0.5) is 5.69 Å². The van der Waals surface area contributed by atoms with E-state index in [-0.39, 0.29) is 29.9 Å². The lowest BCUT2D eigenvalue weighted by Gasteiger charge is -2.21. The molecule has 1 aromatic carbocycles. The predicted molar refractivity (Wildman–Crippen MR) is 91.8 cm³/mol. The molecule has 4 rings (SSSR count). The standard InChI is InChI=1S/C17H13N3O4S/c1-9-5-6-25-16(9)12-8-13(21)24-17-14(12)15(18-19-17)10-3-2-4-11(7-10)20(22)23/h2-7,12H,8H2,1H3,(H,18,19). The van der Waals surface area contributed by atoms with Crippen molar-refractivity contribution in [2.24, 2.45) is 0 Å². The van der Waals surface area contributed by atoms with Gasteiger partial charge in [-0.3, -0.25) is 20.0 Å². The maximum Gasteiger partial charge on any atom is 0.313 e. The molecular weight excluding hydrogens is 342 g/mol. The number of fused-ring (bicyclic) bond motifs is 1. The highest BCUT2D eigenvalue weighted by molar-refractivity contribution is 7.10. The predicted octanol–water partition coefficient (Wildman–Crippen LogP) is 3.80. The number of carbonyl (C=O) groups excluding carboxylic acids is 1. The number of thiophene rings is 1. The number of nitrogens with zero attached hydrogens (tertiary/aromatic N) is 2. The van der Waals surface area contributed by atoms with Crippen LogP contribution in [0.5, 0.6) is 5.88 Å². The molecule has 25 heavy (non-hydrogen) atoms. The summed E-state index contributed by atoms with van der Waals surface area (Å²) in [4.78, 5) is 23.7. The molecule has 1 unspecified atom stereocenters. The molecule has 0 saturated heterocycles. The lowest BCUT2D eigenvalue weighted by atomic mass is 9.89. The second kappa shape index (κ2) is 5.82. The maximum atomic E-state index is 12.0. The summed E-state index contributed by atoms with van der Waals surface area (Å²) in [7, 11) is 0. The molecule has 2 aromatic heterocycles. The highest BCUT2D eigenvalue weighted by Crippen LogP contribution is 2.45. The Hall–Kier alpha value is -3.00. The Morgan fingerprint density at radius 3 is 2.96 bits per heavy atom. The molecule has 0 aliphatic carbocycles. The van der Waals surface area contributed by atoms with E-state index < -0.39 is 4.92 Å². The van der Waals surface area contributed by atoms with Gasteiger partial charge in [-0.25, -0.2) is 0 Å². The fourth-order valence-electron chi connectivity index (χ4n) is 3.11. The van der Waals surface area contributed by atoms with Gasteiger partial charge in [0, 0.05) is 28.5 Å². The van der Waals surface area contributed by atoms with Crippen molar-refractivity contribution < 1.29 is 14.5 Å². The number of nitro benzene ring substituents is 1. The number of benzene rings is 1. The Bertz CT molecular complexity index is 991. The highest BCUT2D eigenvalue weighted by atomic mass is 32.1. The lowest BCUT2D eigenvalue weighted by molar-refractivity contribution is -0.384. The summed E-state index contributed by atoms with van der Waals surface area (Å²) in [5.41, 5.74) is 3.15. The third kappa shape index (κ3) is 2.60. The maximum absolute atomic E-state index is 12.0. The number of aromatic nitrogens is 2. The van der Waals surface area contributed by atoms with Crippen molar-refractivity contribution >= 4 is 23.0 Å². The molecule has 1 aliphatic rings. The summed E-state index contributed by atoms with van der Waals surface area (Å²) < 4.78 is 5.27. The van der Waals surface area contributed by atoms with Gasteiger partial charge in [-0.1, -0.05) is 12.1 Å². The normalized spacial score (nSPS) is 16.4. The fourth-order valence-corrected chi connectivity index (χ4v) is 4.15. The van der Waals surface area contributed by atoms with Crippen LogP contribution < -0.4 is 4.74 Å². The van der Waals surface area contributed by atoms with Crippen molar-refractivity contribution in [1.82, 2.24) is 10.2 Å². The zero-order valence-electron chi connectivity index (χ0n) is 13.2. The van der Waals surface area contributed by atoms with Crippen molar-refractivity contribution in [3.05, 3.63) is 61.8 Å². The van der Waals surface area contributed by atoms with Crippen LogP contribution in [0.2, 0.25) is 0 Å². The molecule has 0 spiro atoms. The molecule has 1 atom stereocenters. The minimum absolute atomic E-state index is 0.00231. The Morgan fingerprint density at radius 1 is 1.40 bits per heavy atom. The third-order valence-electron chi connectivity index (χ3n) is 4.26. The molecule has 1 aliphatic heterocycles. The molecule has 0 fully saturated rings. The summed E-state index contributed by atoms with van der Waals surface area (Å²) in [6.07, 6.45) is 0.218. The number of rotatable bonds is 3. The molecule has 3 heterocycles. The first kappa shape index (κ1) is 15.5. The largest absolute Gasteiger partial charge is 0.405 e. The van der Waals surface area contributed by atoms with Crippen LogP contribution >= 0.6 is 11.3 Å². The van der Waals surface area contributed by atoms with Crippen LogP contribution in [0.1, 0.15) is 28.3 Å². The molecule has 8 heteroatoms. The average Bonchev–Trinajstić information content (AvgIpc) is 3.20. The van der Waals surface area contributed by atoms with Gasteiger partial charge in [-0.05, 0) is 23.9 Å². The van der Waals surface area contributed by atoms with Crippen LogP contribution in [-0.2, 0) is 4.79 Å². The number of carbonyl (C=O) groups is 1. The number of nitro groups is 1. The summed E-state index contributed by atoms with van der Waals surface area (Å²) >= 11 is 1.58. The van der Waals surface area contributed by atoms with Gasteiger partial charge in [0.2, 0.25) is 5.88 Å². The number of esters is 1. The molecule has 126 valence electrons. The van der Waals surface area contributed by atoms with E-state index in [1.54, 1.807) is 23.5 Å². The molecule has 0 bridgehead atoms. The summed E-state index contributed by atoms with van der Waals surface area (Å²) in [5.74, 6) is -0.262. The van der Waals surface area contributed by atoms with Gasteiger partial charge in [0.1, 0.15) is 0 Å². The second-order valence-corrected chi connectivity index (χ2v) is 6.77. The first-order chi connectivity index (χ1) is 12.0. The first-order valence-electron chi connectivity index (χ1n) is 7.62. The van der Waals surface area contributed by atoms with Crippen molar-refractivity contribution in [3.63, 3.8) is 0 Å². The van der Waals surface area contributed by atoms with E-state index >= 15 is 0 Å². The number of ether oxygens (including phenoxy) is 1. The Labute approximate surface area is 146 Å². The molecule has 0 amide bonds. The molecule has 3 aromatic rings. The van der Waals surface area contributed by atoms with Gasteiger partial charge in [-0.15, -0.1) is 16.4 Å². The Kier molecular flexibility index (Phi) is 3.61. The molecule has 0 saturated carbocycles. The van der Waals surface area contributed by atoms with Crippen molar-refractivity contribution in [3.8, 4) is 17.1 Å². The highest BCUT2D eigenvalue weighted by Gasteiger charge is 2.35. The van der Waals surface area contributed by atoms with Crippen molar-refractivity contribution in [2.45, 2.75) is 19.3 Å². The van der Waals surface area contributed by atoms with Crippen molar-refractivity contribution in [1.29, 1.82) is 0 Å². The number of H-pyrrole nitrogens is 1. The van der Waals surface area contributed by atoms with E-state index in [9.17, 15) is 14.9 Å². The third-order valence-corrected chi connectivity index (χ3v) is 5.40. The number of nitrogens with one attached hydrogen (secondary N) is 1. The van der Waals surface area contributed by atoms with Gasteiger partial charge in [-0.2, -0.15) is 0 Å². The van der Waals surface area contributed by atoms with Crippen LogP contribution in [0.25, 0.3) is 11.3 Å². The molecule has 1 N–H and O–H groups in total. The van der Waals surface area contributed by atoms with E-state index in [1.807, 2.05) is 18.4 Å². The minimum Gasteiger partial charge on any atom is -0.405 e. The molecule has 7 nitrogen and oxygen atoms in total. The smallest absolute Gasteiger partial charge is 0.313 e. The quantitative estimate of drug-likeness (QED) is 0.438. The fraction of sp³-hybridized carbons (Fsp3) is 0.176. The number of aromatic amines is 1. The van der Waals surface area contributed by atoms with Gasteiger partial charge in [0.05, 0.1) is 22.6 Å². The summed E-state index contributed by atoms with van der Waals surface area (Å²) in [5, 5.41) is 20.0. The topological polar surface area (TPSA) is 98.1 Å². The number of non-ortho nitro benzene ring substituents is 1. The van der Waals surface area contributed by atoms with E-state index in [4.69, 9.17) is 4.74 Å². The Balaban J connectivity index is 1.88. The summed E-state index contributed by atoms with van der Waals surface area (Å²) in [6.45, 7) is 2.00. The Morgan fingerprint density at radius 2 is 2.24 bits per heavy atom. The zero-order chi connectivity index (χ0) is 17.6. The minimum atomic E-state index is -0.437. The van der Waals surface area contributed by atoms with Gasteiger partial charge >= 0.3 is 5.97 Å². The number of hydrogen-bond donors (Lipinski definition) is 1. The van der Waals surface area contributed by atoms with Gasteiger partial charge < -0.3 is 4.74 Å². The molecular formula is C17H13N3O4S. The number of hydrogen-bond acceptors (Lipinski definition) is 6. The van der Waals surface area contributed by atoms with E-state index in [1.165, 1.54) is 12.1 Å². The SMILES string of the molecule is Cc1ccsc1C1CC(=O)Oc2n[nH]c(-c3cccc([N+](=O)[O-])c3)c21.